The number of hydrogen-bond acceptors (Lipinski definition) is 3. The van der Waals surface area contributed by atoms with Crippen molar-refractivity contribution in [1.29, 1.82) is 0 Å². The average Bonchev–Trinajstić information content (AvgIpc) is 2.97. The number of amides is 2. The van der Waals surface area contributed by atoms with Gasteiger partial charge < -0.3 is 15.0 Å². The number of cyclic esters (lactones) is 1. The van der Waals surface area contributed by atoms with E-state index >= 15 is 0 Å². The molecule has 1 aromatic rings. The van der Waals surface area contributed by atoms with Crippen LogP contribution in [-0.4, -0.2) is 42.1 Å². The Morgan fingerprint density at radius 1 is 1.32 bits per heavy atom. The van der Waals surface area contributed by atoms with Gasteiger partial charge in [-0.1, -0.05) is 17.7 Å². The minimum absolute atomic E-state index is 0.0331. The van der Waals surface area contributed by atoms with E-state index in [1.165, 1.54) is 6.07 Å². The number of halogens is 1. The number of nitrogens with zero attached hydrogens (tertiary/aromatic N) is 1. The van der Waals surface area contributed by atoms with Crippen molar-refractivity contribution in [2.75, 3.05) is 19.7 Å². The number of nitrogens with one attached hydrogen (secondary N) is 1. The topological polar surface area (TPSA) is 58.6 Å². The van der Waals surface area contributed by atoms with Crippen LogP contribution in [0.25, 0.3) is 0 Å². The van der Waals surface area contributed by atoms with E-state index in [0.717, 1.165) is 24.0 Å². The van der Waals surface area contributed by atoms with Gasteiger partial charge in [-0.3, -0.25) is 4.79 Å². The number of piperidine rings is 1. The molecule has 3 fully saturated rings. The summed E-state index contributed by atoms with van der Waals surface area (Å²) in [4.78, 5) is 25.8. The lowest BCUT2D eigenvalue weighted by molar-refractivity contribution is -0.142. The van der Waals surface area contributed by atoms with Gasteiger partial charge in [-0.2, -0.15) is 0 Å². The molecule has 3 aliphatic rings. The third-order valence-electron chi connectivity index (χ3n) is 5.87. The highest BCUT2D eigenvalue weighted by Crippen LogP contribution is 2.42. The first-order valence-corrected chi connectivity index (χ1v) is 8.96. The second kappa shape index (κ2) is 6.00. The van der Waals surface area contributed by atoms with Crippen molar-refractivity contribution in [1.82, 2.24) is 10.2 Å². The van der Waals surface area contributed by atoms with E-state index in [4.69, 9.17) is 4.74 Å². The van der Waals surface area contributed by atoms with E-state index in [-0.39, 0.29) is 35.2 Å². The van der Waals surface area contributed by atoms with Crippen molar-refractivity contribution in [3.63, 3.8) is 0 Å². The van der Waals surface area contributed by atoms with Crippen LogP contribution in [0, 0.1) is 18.7 Å². The van der Waals surface area contributed by atoms with Gasteiger partial charge in [0.25, 0.3) is 0 Å². The molecule has 2 amide bonds. The fraction of sp³-hybridized carbons (Fsp3) is 0.579. The van der Waals surface area contributed by atoms with Crippen LogP contribution in [0.3, 0.4) is 0 Å². The molecule has 0 bridgehead atoms. The quantitative estimate of drug-likeness (QED) is 0.896. The van der Waals surface area contributed by atoms with Crippen molar-refractivity contribution in [3.05, 3.63) is 35.1 Å². The molecule has 1 spiro atoms. The number of aryl methyl sites for hydroxylation is 1. The molecule has 6 heteroatoms. The Labute approximate surface area is 146 Å². The molecule has 1 N–H and O–H groups in total. The lowest BCUT2D eigenvalue weighted by Crippen LogP contribution is -2.58. The van der Waals surface area contributed by atoms with Crippen LogP contribution in [0.15, 0.2) is 18.2 Å². The van der Waals surface area contributed by atoms with Gasteiger partial charge in [-0.25, -0.2) is 9.18 Å². The van der Waals surface area contributed by atoms with Crippen molar-refractivity contribution in [2.45, 2.75) is 44.1 Å². The lowest BCUT2D eigenvalue weighted by atomic mass is 9.68. The van der Waals surface area contributed by atoms with Crippen molar-refractivity contribution < 1.29 is 18.7 Å². The van der Waals surface area contributed by atoms with Crippen molar-refractivity contribution in [3.8, 4) is 0 Å². The van der Waals surface area contributed by atoms with Crippen LogP contribution in [0.5, 0.6) is 0 Å². The van der Waals surface area contributed by atoms with Gasteiger partial charge in [0.2, 0.25) is 5.91 Å². The molecule has 0 atom stereocenters. The molecule has 2 heterocycles. The molecule has 4 rings (SSSR count). The van der Waals surface area contributed by atoms with E-state index in [1.54, 1.807) is 6.07 Å². The van der Waals surface area contributed by atoms with Gasteiger partial charge in [0, 0.05) is 19.0 Å². The van der Waals surface area contributed by atoms with Gasteiger partial charge >= 0.3 is 6.09 Å². The highest BCUT2D eigenvalue weighted by molar-refractivity contribution is 5.81. The second-order valence-electron chi connectivity index (χ2n) is 7.71. The summed E-state index contributed by atoms with van der Waals surface area (Å²) in [5.74, 6) is 0.164. The number of carbonyl (C=O) groups excluding carboxylic acids is 2. The molecule has 0 aromatic heterocycles. The Bertz CT molecular complexity index is 707. The first-order chi connectivity index (χ1) is 12.0. The summed E-state index contributed by atoms with van der Waals surface area (Å²) in [6, 6.07) is 5.25. The summed E-state index contributed by atoms with van der Waals surface area (Å²) in [7, 11) is 0. The molecule has 1 saturated carbocycles. The summed E-state index contributed by atoms with van der Waals surface area (Å²) in [6.45, 7) is 3.68. The van der Waals surface area contributed by atoms with Gasteiger partial charge in [-0.15, -0.1) is 0 Å². The Hall–Kier alpha value is -2.11. The summed E-state index contributed by atoms with van der Waals surface area (Å²) in [5, 5.41) is 2.82. The standard InChI is InChI=1S/C19H23FN2O3/c1-12-2-3-16(20)15(8-12)13-4-6-22(7-5-13)17(23)14-9-19(10-14)11-25-18(24)21-19/h2-3,8,13-14H,4-7,9-11H2,1H3,(H,21,24). The number of likely N-dealkylation sites (tertiary alicyclic amines) is 1. The van der Waals surface area contributed by atoms with E-state index in [1.807, 2.05) is 17.9 Å². The number of rotatable bonds is 2. The third kappa shape index (κ3) is 2.98. The summed E-state index contributed by atoms with van der Waals surface area (Å²) in [6.07, 6.45) is 2.52. The predicted molar refractivity (Wildman–Crippen MR) is 89.6 cm³/mol. The van der Waals surface area contributed by atoms with Gasteiger partial charge in [0.05, 0.1) is 5.54 Å². The molecule has 0 radical (unpaired) electrons. The molecule has 2 saturated heterocycles. The van der Waals surface area contributed by atoms with E-state index in [2.05, 4.69) is 5.32 Å². The maximum Gasteiger partial charge on any atom is 0.407 e. The van der Waals surface area contributed by atoms with Crippen LogP contribution >= 0.6 is 0 Å². The normalized spacial score (nSPS) is 29.3. The average molecular weight is 346 g/mol. The molecular weight excluding hydrogens is 323 g/mol. The maximum absolute atomic E-state index is 14.1. The van der Waals surface area contributed by atoms with Crippen molar-refractivity contribution in [2.24, 2.45) is 5.92 Å². The zero-order valence-electron chi connectivity index (χ0n) is 14.4. The molecule has 2 aliphatic heterocycles. The number of ether oxygens (including phenoxy) is 1. The fourth-order valence-electron chi connectivity index (χ4n) is 4.42. The largest absolute Gasteiger partial charge is 0.447 e. The molecule has 1 aliphatic carbocycles. The van der Waals surface area contributed by atoms with Gasteiger partial charge in [0.1, 0.15) is 12.4 Å². The van der Waals surface area contributed by atoms with Crippen molar-refractivity contribution >= 4 is 12.0 Å². The Balaban J connectivity index is 1.32. The van der Waals surface area contributed by atoms with Crippen LogP contribution in [-0.2, 0) is 9.53 Å². The van der Waals surface area contributed by atoms with E-state index < -0.39 is 0 Å². The molecule has 0 unspecified atom stereocenters. The summed E-state index contributed by atoms with van der Waals surface area (Å²) in [5.41, 5.74) is 1.52. The Morgan fingerprint density at radius 2 is 2.04 bits per heavy atom. The van der Waals surface area contributed by atoms with Gasteiger partial charge in [0.15, 0.2) is 0 Å². The zero-order valence-corrected chi connectivity index (χ0v) is 14.4. The molecule has 25 heavy (non-hydrogen) atoms. The first kappa shape index (κ1) is 16.4. The SMILES string of the molecule is Cc1ccc(F)c(C2CCN(C(=O)C3CC4(COC(=O)N4)C3)CC2)c1. The molecule has 1 aromatic carbocycles. The monoisotopic (exact) mass is 346 g/mol. The van der Waals surface area contributed by atoms with E-state index in [0.29, 0.717) is 32.5 Å². The Kier molecular flexibility index (Phi) is 3.93. The number of hydrogen-bond donors (Lipinski definition) is 1. The van der Waals surface area contributed by atoms with E-state index in [9.17, 15) is 14.0 Å². The zero-order chi connectivity index (χ0) is 17.6. The summed E-state index contributed by atoms with van der Waals surface area (Å²) < 4.78 is 19.0. The fourth-order valence-corrected chi connectivity index (χ4v) is 4.42. The summed E-state index contributed by atoms with van der Waals surface area (Å²) >= 11 is 0. The second-order valence-corrected chi connectivity index (χ2v) is 7.71. The minimum Gasteiger partial charge on any atom is -0.447 e. The molecular formula is C19H23FN2O3. The van der Waals surface area contributed by atoms with Crippen LogP contribution in [0.1, 0.15) is 42.7 Å². The number of benzene rings is 1. The van der Waals surface area contributed by atoms with Crippen LogP contribution < -0.4 is 5.32 Å². The maximum atomic E-state index is 14.1. The van der Waals surface area contributed by atoms with Gasteiger partial charge in [-0.05, 0) is 50.2 Å². The first-order valence-electron chi connectivity index (χ1n) is 8.96. The number of carbonyl (C=O) groups is 2. The smallest absolute Gasteiger partial charge is 0.407 e. The highest BCUT2D eigenvalue weighted by Gasteiger charge is 2.53. The Morgan fingerprint density at radius 3 is 2.68 bits per heavy atom. The van der Waals surface area contributed by atoms with Crippen LogP contribution in [0.4, 0.5) is 9.18 Å². The third-order valence-corrected chi connectivity index (χ3v) is 5.87. The number of alkyl carbamates (subject to hydrolysis) is 1. The molecule has 5 nitrogen and oxygen atoms in total. The predicted octanol–water partition coefficient (Wildman–Crippen LogP) is 2.73. The minimum atomic E-state index is -0.383. The van der Waals surface area contributed by atoms with Crippen LogP contribution in [0.2, 0.25) is 0 Å². The highest BCUT2D eigenvalue weighted by atomic mass is 19.1. The molecule has 134 valence electrons. The lowest BCUT2D eigenvalue weighted by Gasteiger charge is -2.45.